The van der Waals surface area contributed by atoms with Gasteiger partial charge in [0.05, 0.1) is 11.2 Å². The molecule has 1 aliphatic carbocycles. The maximum absolute atomic E-state index is 4.43. The Bertz CT molecular complexity index is 361. The second-order valence-electron chi connectivity index (χ2n) is 5.54. The van der Waals surface area contributed by atoms with Crippen LogP contribution in [-0.4, -0.2) is 11.5 Å². The van der Waals surface area contributed by atoms with E-state index in [-0.39, 0.29) is 0 Å². The molecule has 1 aromatic rings. The predicted molar refractivity (Wildman–Crippen MR) is 79.0 cm³/mol. The third-order valence-corrected chi connectivity index (χ3v) is 5.38. The van der Waals surface area contributed by atoms with Crippen LogP contribution in [0.4, 0.5) is 0 Å². The highest BCUT2D eigenvalue weighted by atomic mass is 32.1. The first kappa shape index (κ1) is 14.0. The van der Waals surface area contributed by atoms with Crippen LogP contribution >= 0.6 is 11.3 Å². The van der Waals surface area contributed by atoms with Crippen molar-refractivity contribution in [2.45, 2.75) is 58.9 Å². The van der Waals surface area contributed by atoms with Crippen LogP contribution in [0.15, 0.2) is 5.51 Å². The normalized spacial score (nSPS) is 26.2. The number of nitrogens with zero attached hydrogens (tertiary/aromatic N) is 1. The number of aryl methyl sites for hydroxylation is 1. The van der Waals surface area contributed by atoms with Crippen LogP contribution in [-0.2, 0) is 0 Å². The smallest absolute Gasteiger partial charge is 0.0798 e. The van der Waals surface area contributed by atoms with Gasteiger partial charge in [-0.3, -0.25) is 0 Å². The summed E-state index contributed by atoms with van der Waals surface area (Å²) in [6.45, 7) is 7.75. The van der Waals surface area contributed by atoms with Gasteiger partial charge in [0.15, 0.2) is 0 Å². The molecule has 1 heterocycles. The lowest BCUT2D eigenvalue weighted by Gasteiger charge is -2.34. The minimum absolute atomic E-state index is 0.539. The number of aromatic nitrogens is 1. The number of hydrogen-bond donors (Lipinski definition) is 1. The van der Waals surface area contributed by atoms with Gasteiger partial charge in [0.1, 0.15) is 0 Å². The largest absolute Gasteiger partial charge is 0.309 e. The zero-order chi connectivity index (χ0) is 13.0. The van der Waals surface area contributed by atoms with E-state index in [1.165, 1.54) is 42.7 Å². The van der Waals surface area contributed by atoms with E-state index >= 15 is 0 Å². The minimum atomic E-state index is 0.539. The van der Waals surface area contributed by atoms with Crippen molar-refractivity contribution in [3.05, 3.63) is 16.1 Å². The van der Waals surface area contributed by atoms with Crippen molar-refractivity contribution in [1.82, 2.24) is 10.3 Å². The maximum atomic E-state index is 4.43. The van der Waals surface area contributed by atoms with Crippen molar-refractivity contribution in [2.24, 2.45) is 11.8 Å². The summed E-state index contributed by atoms with van der Waals surface area (Å²) < 4.78 is 0. The fourth-order valence-corrected chi connectivity index (χ4v) is 4.28. The summed E-state index contributed by atoms with van der Waals surface area (Å²) in [5, 5.41) is 3.71. The Kier molecular flexibility index (Phi) is 5.19. The lowest BCUT2D eigenvalue weighted by atomic mass is 9.76. The van der Waals surface area contributed by atoms with Crippen LogP contribution < -0.4 is 5.32 Å². The molecule has 0 amide bonds. The summed E-state index contributed by atoms with van der Waals surface area (Å²) in [5.74, 6) is 1.75. The summed E-state index contributed by atoms with van der Waals surface area (Å²) in [6, 6.07) is 0.539. The molecule has 3 heteroatoms. The van der Waals surface area contributed by atoms with Gasteiger partial charge in [0, 0.05) is 10.9 Å². The quantitative estimate of drug-likeness (QED) is 0.858. The molecule has 0 spiro atoms. The Morgan fingerprint density at radius 2 is 2.28 bits per heavy atom. The molecule has 2 rings (SSSR count). The first-order chi connectivity index (χ1) is 8.76. The van der Waals surface area contributed by atoms with E-state index in [0.717, 1.165) is 18.4 Å². The van der Waals surface area contributed by atoms with Gasteiger partial charge in [-0.05, 0) is 38.1 Å². The monoisotopic (exact) mass is 266 g/mol. The Labute approximate surface area is 115 Å². The predicted octanol–water partition coefficient (Wildman–Crippen LogP) is 4.32. The van der Waals surface area contributed by atoms with Gasteiger partial charge in [-0.2, -0.15) is 0 Å². The standard InChI is InChI=1S/C15H26N2S/c1-4-12-7-6-8-13(9-12)14(16-5-2)15-11(3)17-10-18-15/h10,12-14,16H,4-9H2,1-3H3. The number of rotatable bonds is 5. The molecule has 0 aliphatic heterocycles. The highest BCUT2D eigenvalue weighted by Gasteiger charge is 2.30. The van der Waals surface area contributed by atoms with Gasteiger partial charge < -0.3 is 5.32 Å². The van der Waals surface area contributed by atoms with Crippen LogP contribution in [0.25, 0.3) is 0 Å². The molecule has 0 aromatic carbocycles. The summed E-state index contributed by atoms with van der Waals surface area (Å²) in [4.78, 5) is 5.90. The van der Waals surface area contributed by atoms with Crippen LogP contribution in [0.2, 0.25) is 0 Å². The highest BCUT2D eigenvalue weighted by Crippen LogP contribution is 2.40. The molecule has 2 nitrogen and oxygen atoms in total. The molecule has 3 atom stereocenters. The Balaban J connectivity index is 2.12. The molecule has 102 valence electrons. The Morgan fingerprint density at radius 1 is 1.44 bits per heavy atom. The van der Waals surface area contributed by atoms with E-state index in [4.69, 9.17) is 0 Å². The summed E-state index contributed by atoms with van der Waals surface area (Å²) >= 11 is 1.83. The molecule has 18 heavy (non-hydrogen) atoms. The highest BCUT2D eigenvalue weighted by molar-refractivity contribution is 7.09. The molecule has 0 saturated heterocycles. The van der Waals surface area contributed by atoms with Gasteiger partial charge in [-0.1, -0.05) is 33.1 Å². The van der Waals surface area contributed by atoms with Crippen LogP contribution in [0.5, 0.6) is 0 Å². The number of nitrogens with one attached hydrogen (secondary N) is 1. The zero-order valence-electron chi connectivity index (χ0n) is 11.9. The molecule has 0 radical (unpaired) electrons. The molecule has 3 unspecified atom stereocenters. The fraction of sp³-hybridized carbons (Fsp3) is 0.800. The minimum Gasteiger partial charge on any atom is -0.309 e. The van der Waals surface area contributed by atoms with Gasteiger partial charge in [-0.25, -0.2) is 4.98 Å². The summed E-state index contributed by atoms with van der Waals surface area (Å²) in [5.41, 5.74) is 3.22. The van der Waals surface area contributed by atoms with Gasteiger partial charge >= 0.3 is 0 Å². The van der Waals surface area contributed by atoms with E-state index in [1.54, 1.807) is 0 Å². The fourth-order valence-electron chi connectivity index (χ4n) is 3.31. The van der Waals surface area contributed by atoms with Crippen molar-refractivity contribution >= 4 is 11.3 Å². The molecule has 1 aromatic heterocycles. The molecule has 1 N–H and O–H groups in total. The molecule has 0 bridgehead atoms. The second-order valence-corrected chi connectivity index (χ2v) is 6.42. The third-order valence-electron chi connectivity index (χ3n) is 4.36. The molecular weight excluding hydrogens is 240 g/mol. The van der Waals surface area contributed by atoms with E-state index < -0.39 is 0 Å². The SMILES string of the molecule is CCNC(c1scnc1C)C1CCCC(CC)C1. The number of hydrogen-bond acceptors (Lipinski definition) is 3. The molecule has 1 fully saturated rings. The van der Waals surface area contributed by atoms with Crippen LogP contribution in [0, 0.1) is 18.8 Å². The van der Waals surface area contributed by atoms with E-state index in [9.17, 15) is 0 Å². The van der Waals surface area contributed by atoms with E-state index in [2.05, 4.69) is 31.1 Å². The first-order valence-corrected chi connectivity index (χ1v) is 8.27. The van der Waals surface area contributed by atoms with E-state index in [1.807, 2.05) is 16.8 Å². The molecular formula is C15H26N2S. The first-order valence-electron chi connectivity index (χ1n) is 7.39. The van der Waals surface area contributed by atoms with Crippen molar-refractivity contribution in [1.29, 1.82) is 0 Å². The average Bonchev–Trinajstić information content (AvgIpc) is 2.82. The zero-order valence-corrected chi connectivity index (χ0v) is 12.7. The van der Waals surface area contributed by atoms with Gasteiger partial charge in [0.2, 0.25) is 0 Å². The van der Waals surface area contributed by atoms with Gasteiger partial charge in [0.25, 0.3) is 0 Å². The topological polar surface area (TPSA) is 24.9 Å². The molecule has 1 saturated carbocycles. The lowest BCUT2D eigenvalue weighted by molar-refractivity contribution is 0.212. The van der Waals surface area contributed by atoms with Gasteiger partial charge in [-0.15, -0.1) is 11.3 Å². The van der Waals surface area contributed by atoms with Crippen molar-refractivity contribution in [2.75, 3.05) is 6.54 Å². The van der Waals surface area contributed by atoms with Crippen molar-refractivity contribution < 1.29 is 0 Å². The summed E-state index contributed by atoms with van der Waals surface area (Å²) in [6.07, 6.45) is 6.96. The lowest BCUT2D eigenvalue weighted by Crippen LogP contribution is -2.31. The van der Waals surface area contributed by atoms with E-state index in [0.29, 0.717) is 6.04 Å². The number of thiazole rings is 1. The van der Waals surface area contributed by atoms with Crippen LogP contribution in [0.3, 0.4) is 0 Å². The van der Waals surface area contributed by atoms with Crippen LogP contribution in [0.1, 0.15) is 62.6 Å². The molecule has 1 aliphatic rings. The third kappa shape index (κ3) is 3.12. The average molecular weight is 266 g/mol. The van der Waals surface area contributed by atoms with Crippen molar-refractivity contribution in [3.8, 4) is 0 Å². The summed E-state index contributed by atoms with van der Waals surface area (Å²) in [7, 11) is 0. The second kappa shape index (κ2) is 6.67. The Hall–Kier alpha value is -0.410. The van der Waals surface area contributed by atoms with Crippen molar-refractivity contribution in [3.63, 3.8) is 0 Å². The Morgan fingerprint density at radius 3 is 2.89 bits per heavy atom. The maximum Gasteiger partial charge on any atom is 0.0798 e.